The monoisotopic (exact) mass is 231 g/mol. The predicted molar refractivity (Wildman–Crippen MR) is 63.5 cm³/mol. The van der Waals surface area contributed by atoms with Gasteiger partial charge in [-0.25, -0.2) is 0 Å². The summed E-state index contributed by atoms with van der Waals surface area (Å²) in [5.41, 5.74) is 0. The van der Waals surface area contributed by atoms with Crippen LogP contribution in [0.5, 0.6) is 0 Å². The Balaban J connectivity index is 1.67. The lowest BCUT2D eigenvalue weighted by molar-refractivity contribution is -0.0393. The molecule has 2 aliphatic heterocycles. The lowest BCUT2D eigenvalue weighted by Crippen LogP contribution is -2.43. The standard InChI is InChI=1S/C12H22ClNO/c1-10(4-6-13)5-7-14-8-11-2-3-12(9-14)15-11/h10-12H,2-9H2,1H3. The molecule has 0 N–H and O–H groups in total. The maximum atomic E-state index is 5.82. The van der Waals surface area contributed by atoms with Crippen LogP contribution in [0.4, 0.5) is 0 Å². The first kappa shape index (κ1) is 11.7. The molecule has 2 nitrogen and oxygen atoms in total. The topological polar surface area (TPSA) is 12.5 Å². The summed E-state index contributed by atoms with van der Waals surface area (Å²) in [6.45, 7) is 5.85. The van der Waals surface area contributed by atoms with E-state index in [4.69, 9.17) is 16.3 Å². The maximum Gasteiger partial charge on any atom is 0.0707 e. The highest BCUT2D eigenvalue weighted by Gasteiger charge is 2.33. The molecule has 3 atom stereocenters. The Bertz CT molecular complexity index is 188. The van der Waals surface area contributed by atoms with Gasteiger partial charge in [0.25, 0.3) is 0 Å². The number of halogens is 1. The second-order valence-corrected chi connectivity index (χ2v) is 5.47. The number of ether oxygens (including phenoxy) is 1. The van der Waals surface area contributed by atoms with Crippen molar-refractivity contribution >= 4 is 11.6 Å². The van der Waals surface area contributed by atoms with Crippen LogP contribution in [0.2, 0.25) is 0 Å². The molecule has 0 aliphatic carbocycles. The average Bonchev–Trinajstić information content (AvgIpc) is 2.56. The van der Waals surface area contributed by atoms with Gasteiger partial charge in [-0.15, -0.1) is 11.6 Å². The molecule has 0 saturated carbocycles. The van der Waals surface area contributed by atoms with Gasteiger partial charge in [-0.3, -0.25) is 4.90 Å². The number of likely N-dealkylation sites (tertiary alicyclic amines) is 1. The van der Waals surface area contributed by atoms with Crippen LogP contribution in [-0.2, 0) is 4.74 Å². The van der Waals surface area contributed by atoms with Crippen LogP contribution in [-0.4, -0.2) is 42.6 Å². The fraction of sp³-hybridized carbons (Fsp3) is 1.00. The van der Waals surface area contributed by atoms with Crippen molar-refractivity contribution in [3.8, 4) is 0 Å². The molecule has 15 heavy (non-hydrogen) atoms. The number of alkyl halides is 1. The molecule has 88 valence electrons. The lowest BCUT2D eigenvalue weighted by Gasteiger charge is -2.32. The molecule has 0 amide bonds. The summed E-state index contributed by atoms with van der Waals surface area (Å²) in [5, 5.41) is 0. The summed E-state index contributed by atoms with van der Waals surface area (Å²) in [5.74, 6) is 1.57. The second-order valence-electron chi connectivity index (χ2n) is 5.09. The Hall–Kier alpha value is 0.210. The largest absolute Gasteiger partial charge is 0.372 e. The third-order valence-electron chi connectivity index (χ3n) is 3.66. The minimum atomic E-state index is 0.534. The molecule has 0 aromatic carbocycles. The van der Waals surface area contributed by atoms with Gasteiger partial charge in [0.2, 0.25) is 0 Å². The fourth-order valence-electron chi connectivity index (χ4n) is 2.62. The first-order valence-electron chi connectivity index (χ1n) is 6.21. The van der Waals surface area contributed by atoms with E-state index in [1.807, 2.05) is 0 Å². The molecule has 3 unspecified atom stereocenters. The van der Waals surface area contributed by atoms with Crippen LogP contribution >= 0.6 is 11.6 Å². The van der Waals surface area contributed by atoms with Crippen molar-refractivity contribution in [3.05, 3.63) is 0 Å². The van der Waals surface area contributed by atoms with E-state index in [2.05, 4.69) is 11.8 Å². The third kappa shape index (κ3) is 3.33. The summed E-state index contributed by atoms with van der Waals surface area (Å²) >= 11 is 5.74. The summed E-state index contributed by atoms with van der Waals surface area (Å²) in [4.78, 5) is 2.58. The van der Waals surface area contributed by atoms with E-state index in [-0.39, 0.29) is 0 Å². The Morgan fingerprint density at radius 3 is 2.53 bits per heavy atom. The normalized spacial score (nSPS) is 33.2. The van der Waals surface area contributed by atoms with Crippen LogP contribution in [0, 0.1) is 5.92 Å². The highest BCUT2D eigenvalue weighted by atomic mass is 35.5. The van der Waals surface area contributed by atoms with Crippen LogP contribution in [0.3, 0.4) is 0 Å². The predicted octanol–water partition coefficient (Wildman–Crippen LogP) is 2.50. The van der Waals surface area contributed by atoms with Crippen LogP contribution < -0.4 is 0 Å². The van der Waals surface area contributed by atoms with Crippen molar-refractivity contribution in [3.63, 3.8) is 0 Å². The molecule has 2 rings (SSSR count). The number of hydrogen-bond donors (Lipinski definition) is 0. The molecule has 0 radical (unpaired) electrons. The molecule has 0 aromatic heterocycles. The SMILES string of the molecule is CC(CCCl)CCN1CC2CCC(C1)O2. The van der Waals surface area contributed by atoms with Crippen LogP contribution in [0.25, 0.3) is 0 Å². The number of nitrogens with zero attached hydrogens (tertiary/aromatic N) is 1. The van der Waals surface area contributed by atoms with Gasteiger partial charge in [-0.2, -0.15) is 0 Å². The quantitative estimate of drug-likeness (QED) is 0.675. The summed E-state index contributed by atoms with van der Waals surface area (Å²) in [6.07, 6.45) is 6.06. The first-order chi connectivity index (χ1) is 7.28. The molecular formula is C12H22ClNO. The molecule has 2 aliphatic rings. The molecule has 2 heterocycles. The summed E-state index contributed by atoms with van der Waals surface area (Å²) in [7, 11) is 0. The van der Waals surface area contributed by atoms with Crippen molar-refractivity contribution in [1.29, 1.82) is 0 Å². The molecule has 2 saturated heterocycles. The smallest absolute Gasteiger partial charge is 0.0707 e. The number of hydrogen-bond acceptors (Lipinski definition) is 2. The second kappa shape index (κ2) is 5.51. The maximum absolute atomic E-state index is 5.82. The van der Waals surface area contributed by atoms with E-state index in [9.17, 15) is 0 Å². The van der Waals surface area contributed by atoms with Gasteiger partial charge in [0.05, 0.1) is 12.2 Å². The van der Waals surface area contributed by atoms with Crippen molar-refractivity contribution in [2.24, 2.45) is 5.92 Å². The van der Waals surface area contributed by atoms with Gasteiger partial charge in [0.15, 0.2) is 0 Å². The highest BCUT2D eigenvalue weighted by molar-refractivity contribution is 6.17. The minimum absolute atomic E-state index is 0.534. The number of morpholine rings is 1. The van der Waals surface area contributed by atoms with E-state index >= 15 is 0 Å². The third-order valence-corrected chi connectivity index (χ3v) is 3.88. The zero-order chi connectivity index (χ0) is 10.7. The van der Waals surface area contributed by atoms with E-state index in [1.165, 1.54) is 25.8 Å². The van der Waals surface area contributed by atoms with E-state index in [0.717, 1.165) is 31.3 Å². The van der Waals surface area contributed by atoms with Crippen molar-refractivity contribution in [2.75, 3.05) is 25.5 Å². The van der Waals surface area contributed by atoms with Crippen molar-refractivity contribution < 1.29 is 4.74 Å². The Morgan fingerprint density at radius 1 is 1.27 bits per heavy atom. The summed E-state index contributed by atoms with van der Waals surface area (Å²) < 4.78 is 5.82. The van der Waals surface area contributed by atoms with E-state index in [1.54, 1.807) is 0 Å². The molecule has 0 aromatic rings. The minimum Gasteiger partial charge on any atom is -0.372 e. The first-order valence-corrected chi connectivity index (χ1v) is 6.75. The molecule has 3 heteroatoms. The van der Waals surface area contributed by atoms with Gasteiger partial charge in [-0.05, 0) is 38.1 Å². The van der Waals surface area contributed by atoms with E-state index in [0.29, 0.717) is 12.2 Å². The number of fused-ring (bicyclic) bond motifs is 2. The van der Waals surface area contributed by atoms with Gasteiger partial charge < -0.3 is 4.74 Å². The van der Waals surface area contributed by atoms with Gasteiger partial charge in [0.1, 0.15) is 0 Å². The Kier molecular flexibility index (Phi) is 4.30. The zero-order valence-electron chi connectivity index (χ0n) is 9.62. The van der Waals surface area contributed by atoms with Gasteiger partial charge in [-0.1, -0.05) is 6.92 Å². The average molecular weight is 232 g/mol. The lowest BCUT2D eigenvalue weighted by atomic mass is 10.0. The van der Waals surface area contributed by atoms with E-state index < -0.39 is 0 Å². The van der Waals surface area contributed by atoms with Gasteiger partial charge >= 0.3 is 0 Å². The van der Waals surface area contributed by atoms with Gasteiger partial charge in [0, 0.05) is 19.0 Å². The zero-order valence-corrected chi connectivity index (χ0v) is 10.4. The van der Waals surface area contributed by atoms with Crippen molar-refractivity contribution in [2.45, 2.75) is 44.8 Å². The fourth-order valence-corrected chi connectivity index (χ4v) is 2.99. The Morgan fingerprint density at radius 2 is 1.93 bits per heavy atom. The number of rotatable bonds is 5. The Labute approximate surface area is 97.9 Å². The molecule has 2 bridgehead atoms. The molecule has 0 spiro atoms. The highest BCUT2D eigenvalue weighted by Crippen LogP contribution is 2.26. The molecular weight excluding hydrogens is 210 g/mol. The van der Waals surface area contributed by atoms with Crippen molar-refractivity contribution in [1.82, 2.24) is 4.90 Å². The van der Waals surface area contributed by atoms with Crippen LogP contribution in [0.15, 0.2) is 0 Å². The molecule has 2 fully saturated rings. The van der Waals surface area contributed by atoms with Crippen LogP contribution in [0.1, 0.15) is 32.6 Å². The summed E-state index contributed by atoms with van der Waals surface area (Å²) in [6, 6.07) is 0.